The summed E-state index contributed by atoms with van der Waals surface area (Å²) in [6, 6.07) is 26.8. The van der Waals surface area contributed by atoms with Crippen molar-refractivity contribution in [1.82, 2.24) is 5.32 Å². The Morgan fingerprint density at radius 2 is 1.41 bits per heavy atom. The fraction of sp³-hybridized carbons (Fsp3) is 0.208. The molecule has 0 heterocycles. The van der Waals surface area contributed by atoms with Crippen molar-refractivity contribution in [1.29, 1.82) is 0 Å². The Labute approximate surface area is 170 Å². The molecule has 0 aliphatic carbocycles. The molecular weight excluding hydrogens is 366 g/mol. The number of amides is 1. The Morgan fingerprint density at radius 3 is 2.07 bits per heavy atom. The van der Waals surface area contributed by atoms with Gasteiger partial charge >= 0.3 is 6.09 Å². The highest BCUT2D eigenvalue weighted by Crippen LogP contribution is 2.24. The van der Waals surface area contributed by atoms with E-state index in [0.29, 0.717) is 5.56 Å². The third-order valence-electron chi connectivity index (χ3n) is 4.65. The molecule has 0 aromatic heterocycles. The van der Waals surface area contributed by atoms with Gasteiger partial charge < -0.3 is 20.3 Å². The largest absolute Gasteiger partial charge is 0.445 e. The summed E-state index contributed by atoms with van der Waals surface area (Å²) in [6.45, 7) is 0.388. The van der Waals surface area contributed by atoms with Gasteiger partial charge in [-0.05, 0) is 28.7 Å². The molecule has 29 heavy (non-hydrogen) atoms. The van der Waals surface area contributed by atoms with Gasteiger partial charge in [0.05, 0.1) is 6.10 Å². The quantitative estimate of drug-likeness (QED) is 0.541. The molecule has 0 bridgehead atoms. The molecule has 0 spiro atoms. The van der Waals surface area contributed by atoms with Crippen LogP contribution in [0.3, 0.4) is 0 Å². The molecular formula is C24H25NO4. The molecule has 3 aromatic carbocycles. The van der Waals surface area contributed by atoms with E-state index < -0.39 is 18.3 Å². The molecule has 3 aromatic rings. The maximum absolute atomic E-state index is 11.7. The highest BCUT2D eigenvalue weighted by Gasteiger charge is 2.18. The first kappa shape index (κ1) is 20.6. The summed E-state index contributed by atoms with van der Waals surface area (Å²) in [7, 11) is 0. The number of rotatable bonds is 8. The minimum absolute atomic E-state index is 0.186. The lowest BCUT2D eigenvalue weighted by molar-refractivity contribution is 0.0136. The van der Waals surface area contributed by atoms with Crippen LogP contribution in [0.25, 0.3) is 11.1 Å². The number of carbonyl (C=O) groups is 1. The molecule has 3 N–H and O–H groups in total. The van der Waals surface area contributed by atoms with Gasteiger partial charge in [0.2, 0.25) is 0 Å². The zero-order valence-corrected chi connectivity index (χ0v) is 16.1. The molecule has 0 aliphatic rings. The van der Waals surface area contributed by atoms with E-state index in [4.69, 9.17) is 4.74 Å². The van der Waals surface area contributed by atoms with E-state index in [0.717, 1.165) is 16.7 Å². The summed E-state index contributed by atoms with van der Waals surface area (Å²) in [5, 5.41) is 23.2. The van der Waals surface area contributed by atoms with Crippen LogP contribution in [0, 0.1) is 0 Å². The van der Waals surface area contributed by atoms with Crippen molar-refractivity contribution in [2.45, 2.75) is 25.2 Å². The first-order valence-electron chi connectivity index (χ1n) is 9.59. The molecule has 0 radical (unpaired) electrons. The van der Waals surface area contributed by atoms with Crippen molar-refractivity contribution in [2.75, 3.05) is 6.54 Å². The zero-order chi connectivity index (χ0) is 20.5. The monoisotopic (exact) mass is 391 g/mol. The van der Waals surface area contributed by atoms with Crippen LogP contribution in [0.2, 0.25) is 0 Å². The van der Waals surface area contributed by atoms with E-state index in [1.165, 1.54) is 0 Å². The van der Waals surface area contributed by atoms with Crippen LogP contribution in [-0.2, 0) is 11.3 Å². The lowest BCUT2D eigenvalue weighted by Gasteiger charge is -2.18. The highest BCUT2D eigenvalue weighted by molar-refractivity contribution is 5.67. The molecule has 150 valence electrons. The van der Waals surface area contributed by atoms with Crippen molar-refractivity contribution in [3.63, 3.8) is 0 Å². The number of benzene rings is 3. The van der Waals surface area contributed by atoms with E-state index in [1.54, 1.807) is 12.1 Å². The SMILES string of the molecule is O=C(NCCC(O)C(O)c1ccc(-c2ccccc2)cc1)OCc1ccccc1. The standard InChI is InChI=1S/C24H25NO4/c26-22(15-16-25-24(28)29-17-18-7-3-1-4-8-18)23(27)21-13-11-20(12-14-21)19-9-5-2-6-10-19/h1-14,22-23,26-27H,15-17H2,(H,25,28). The molecule has 0 saturated heterocycles. The number of nitrogens with one attached hydrogen (secondary N) is 1. The fourth-order valence-electron chi connectivity index (χ4n) is 2.98. The van der Waals surface area contributed by atoms with Crippen molar-refractivity contribution < 1.29 is 19.7 Å². The summed E-state index contributed by atoms with van der Waals surface area (Å²) < 4.78 is 5.12. The van der Waals surface area contributed by atoms with Crippen LogP contribution in [0.15, 0.2) is 84.9 Å². The molecule has 5 nitrogen and oxygen atoms in total. The second kappa shape index (κ2) is 10.4. The summed E-state index contributed by atoms with van der Waals surface area (Å²) in [6.07, 6.45) is -2.36. The fourth-order valence-corrected chi connectivity index (χ4v) is 2.98. The minimum Gasteiger partial charge on any atom is -0.445 e. The Kier molecular flexibility index (Phi) is 7.39. The molecule has 2 atom stereocenters. The van der Waals surface area contributed by atoms with Crippen LogP contribution in [-0.4, -0.2) is 29.0 Å². The Morgan fingerprint density at radius 1 is 0.828 bits per heavy atom. The van der Waals surface area contributed by atoms with Crippen molar-refractivity contribution in [3.8, 4) is 11.1 Å². The summed E-state index contributed by atoms with van der Waals surface area (Å²) in [5.41, 5.74) is 3.66. The summed E-state index contributed by atoms with van der Waals surface area (Å²) >= 11 is 0. The molecule has 1 amide bonds. The molecule has 0 saturated carbocycles. The van der Waals surface area contributed by atoms with E-state index in [-0.39, 0.29) is 19.6 Å². The molecule has 3 rings (SSSR count). The van der Waals surface area contributed by atoms with Crippen LogP contribution >= 0.6 is 0 Å². The second-order valence-electron chi connectivity index (χ2n) is 6.78. The van der Waals surface area contributed by atoms with E-state index in [1.807, 2.05) is 72.8 Å². The topological polar surface area (TPSA) is 78.8 Å². The van der Waals surface area contributed by atoms with Gasteiger partial charge in [-0.3, -0.25) is 0 Å². The van der Waals surface area contributed by atoms with Crippen LogP contribution < -0.4 is 5.32 Å². The number of hydrogen-bond acceptors (Lipinski definition) is 4. The highest BCUT2D eigenvalue weighted by atomic mass is 16.5. The predicted octanol–water partition coefficient (Wildman–Crippen LogP) is 4.06. The van der Waals surface area contributed by atoms with E-state index in [9.17, 15) is 15.0 Å². The number of alkyl carbamates (subject to hydrolysis) is 1. The molecule has 0 fully saturated rings. The van der Waals surface area contributed by atoms with E-state index in [2.05, 4.69) is 5.32 Å². The van der Waals surface area contributed by atoms with Gasteiger partial charge in [0.25, 0.3) is 0 Å². The number of aliphatic hydroxyl groups is 2. The first-order valence-corrected chi connectivity index (χ1v) is 9.59. The summed E-state index contributed by atoms with van der Waals surface area (Å²) in [4.78, 5) is 11.7. The third-order valence-corrected chi connectivity index (χ3v) is 4.65. The Hall–Kier alpha value is -3.15. The first-order chi connectivity index (χ1) is 14.1. The number of hydrogen-bond donors (Lipinski definition) is 3. The van der Waals surface area contributed by atoms with Crippen LogP contribution in [0.5, 0.6) is 0 Å². The van der Waals surface area contributed by atoms with Gasteiger partial charge in [0, 0.05) is 6.54 Å². The van der Waals surface area contributed by atoms with Crippen molar-refractivity contribution >= 4 is 6.09 Å². The van der Waals surface area contributed by atoms with Gasteiger partial charge in [-0.2, -0.15) is 0 Å². The lowest BCUT2D eigenvalue weighted by Crippen LogP contribution is -2.29. The summed E-state index contributed by atoms with van der Waals surface area (Å²) in [5.74, 6) is 0. The smallest absolute Gasteiger partial charge is 0.407 e. The number of aliphatic hydroxyl groups excluding tert-OH is 2. The molecule has 0 aliphatic heterocycles. The van der Waals surface area contributed by atoms with Gasteiger partial charge in [-0.25, -0.2) is 4.79 Å². The average Bonchev–Trinajstić information content (AvgIpc) is 2.78. The number of carbonyl (C=O) groups excluding carboxylic acids is 1. The Balaban J connectivity index is 1.43. The molecule has 5 heteroatoms. The maximum Gasteiger partial charge on any atom is 0.407 e. The van der Waals surface area contributed by atoms with Crippen molar-refractivity contribution in [2.24, 2.45) is 0 Å². The predicted molar refractivity (Wildman–Crippen MR) is 112 cm³/mol. The second-order valence-corrected chi connectivity index (χ2v) is 6.78. The van der Waals surface area contributed by atoms with Crippen molar-refractivity contribution in [3.05, 3.63) is 96.1 Å². The van der Waals surface area contributed by atoms with Crippen LogP contribution in [0.4, 0.5) is 4.79 Å². The lowest BCUT2D eigenvalue weighted by atomic mass is 9.98. The number of ether oxygens (including phenoxy) is 1. The average molecular weight is 391 g/mol. The normalized spacial score (nSPS) is 12.8. The molecule has 2 unspecified atom stereocenters. The zero-order valence-electron chi connectivity index (χ0n) is 16.1. The van der Waals surface area contributed by atoms with Gasteiger partial charge in [-0.15, -0.1) is 0 Å². The van der Waals surface area contributed by atoms with Crippen LogP contribution in [0.1, 0.15) is 23.7 Å². The third kappa shape index (κ3) is 6.17. The Bertz CT molecular complexity index is 882. The van der Waals surface area contributed by atoms with Gasteiger partial charge in [0.1, 0.15) is 12.7 Å². The maximum atomic E-state index is 11.7. The van der Waals surface area contributed by atoms with Gasteiger partial charge in [0.15, 0.2) is 0 Å². The van der Waals surface area contributed by atoms with Gasteiger partial charge in [-0.1, -0.05) is 84.9 Å². The van der Waals surface area contributed by atoms with E-state index >= 15 is 0 Å². The minimum atomic E-state index is -1.03.